The van der Waals surface area contributed by atoms with Crippen LogP contribution in [0.2, 0.25) is 0 Å². The topological polar surface area (TPSA) is 62.7 Å². The summed E-state index contributed by atoms with van der Waals surface area (Å²) in [7, 11) is 1.57. The number of hydrogen-bond donors (Lipinski definition) is 1. The largest absolute Gasteiger partial charge is 0.481 e. The minimum atomic E-state index is -0.806. The highest BCUT2D eigenvalue weighted by Crippen LogP contribution is 2.09. The van der Waals surface area contributed by atoms with Gasteiger partial charge in [0, 0.05) is 18.8 Å². The number of aliphatic carboxylic acids is 1. The molecule has 1 N–H and O–H groups in total. The lowest BCUT2D eigenvalue weighted by Gasteiger charge is -2.19. The van der Waals surface area contributed by atoms with Gasteiger partial charge in [-0.1, -0.05) is 13.0 Å². The van der Waals surface area contributed by atoms with Gasteiger partial charge in [-0.2, -0.15) is 0 Å². The molecule has 17 heavy (non-hydrogen) atoms. The standard InChI is InChI=1S/C12H18N2O3/c1-3-6-14(9-12(15)16)8-10-4-5-11(17-2)13-7-10/h4-5,7H,3,6,8-9H2,1-2H3,(H,15,16). The SMILES string of the molecule is CCCN(CC(=O)O)Cc1ccc(OC)nc1. The van der Waals surface area contributed by atoms with Crippen LogP contribution in [0.3, 0.4) is 0 Å². The fourth-order valence-corrected chi connectivity index (χ4v) is 1.60. The summed E-state index contributed by atoms with van der Waals surface area (Å²) >= 11 is 0. The van der Waals surface area contributed by atoms with Crippen molar-refractivity contribution >= 4 is 5.97 Å². The molecular formula is C12H18N2O3. The lowest BCUT2D eigenvalue weighted by Crippen LogP contribution is -2.30. The van der Waals surface area contributed by atoms with Crippen molar-refractivity contribution in [1.82, 2.24) is 9.88 Å². The van der Waals surface area contributed by atoms with Gasteiger partial charge in [0.1, 0.15) is 0 Å². The second-order valence-electron chi connectivity index (χ2n) is 3.81. The Kier molecular flexibility index (Phi) is 5.42. The van der Waals surface area contributed by atoms with Crippen molar-refractivity contribution in [1.29, 1.82) is 0 Å². The smallest absolute Gasteiger partial charge is 0.317 e. The molecule has 0 aliphatic carbocycles. The van der Waals surface area contributed by atoms with E-state index in [1.807, 2.05) is 17.9 Å². The number of nitrogens with zero attached hydrogens (tertiary/aromatic N) is 2. The van der Waals surface area contributed by atoms with Gasteiger partial charge in [0.15, 0.2) is 0 Å². The molecule has 0 unspecified atom stereocenters. The quantitative estimate of drug-likeness (QED) is 0.777. The molecule has 1 aromatic rings. The second-order valence-corrected chi connectivity index (χ2v) is 3.81. The first-order valence-electron chi connectivity index (χ1n) is 5.58. The number of methoxy groups -OCH3 is 1. The third-order valence-corrected chi connectivity index (χ3v) is 2.31. The van der Waals surface area contributed by atoms with Crippen molar-refractivity contribution in [3.8, 4) is 5.88 Å². The van der Waals surface area contributed by atoms with E-state index in [2.05, 4.69) is 4.98 Å². The predicted octanol–water partition coefficient (Wildman–Crippen LogP) is 1.39. The summed E-state index contributed by atoms with van der Waals surface area (Å²) in [5.41, 5.74) is 0.987. The summed E-state index contributed by atoms with van der Waals surface area (Å²) in [4.78, 5) is 16.7. The van der Waals surface area contributed by atoms with Crippen LogP contribution < -0.4 is 4.74 Å². The zero-order chi connectivity index (χ0) is 12.7. The van der Waals surface area contributed by atoms with Crippen molar-refractivity contribution in [2.75, 3.05) is 20.2 Å². The van der Waals surface area contributed by atoms with Crippen molar-refractivity contribution < 1.29 is 14.6 Å². The Balaban J connectivity index is 2.61. The Morgan fingerprint density at radius 2 is 2.29 bits per heavy atom. The monoisotopic (exact) mass is 238 g/mol. The van der Waals surface area contributed by atoms with E-state index >= 15 is 0 Å². The first-order valence-corrected chi connectivity index (χ1v) is 5.58. The van der Waals surface area contributed by atoms with Crippen LogP contribution in [0.25, 0.3) is 0 Å². The molecule has 0 saturated heterocycles. The number of carbonyl (C=O) groups is 1. The lowest BCUT2D eigenvalue weighted by molar-refractivity contribution is -0.138. The molecule has 94 valence electrons. The number of carboxylic acids is 1. The molecule has 0 aliphatic rings. The van der Waals surface area contributed by atoms with Crippen LogP contribution >= 0.6 is 0 Å². The fourth-order valence-electron chi connectivity index (χ4n) is 1.60. The Morgan fingerprint density at radius 1 is 1.53 bits per heavy atom. The average Bonchev–Trinajstić information content (AvgIpc) is 2.29. The summed E-state index contributed by atoms with van der Waals surface area (Å²) in [5, 5.41) is 8.79. The summed E-state index contributed by atoms with van der Waals surface area (Å²) in [6.07, 6.45) is 2.64. The maximum atomic E-state index is 10.7. The van der Waals surface area contributed by atoms with Gasteiger partial charge in [-0.3, -0.25) is 9.69 Å². The molecule has 5 nitrogen and oxygen atoms in total. The number of aromatic nitrogens is 1. The lowest BCUT2D eigenvalue weighted by atomic mass is 10.2. The van der Waals surface area contributed by atoms with Crippen molar-refractivity contribution in [3.63, 3.8) is 0 Å². The summed E-state index contributed by atoms with van der Waals surface area (Å²) in [5.74, 6) is -0.242. The molecule has 1 aromatic heterocycles. The van der Waals surface area contributed by atoms with Crippen molar-refractivity contribution in [2.24, 2.45) is 0 Å². The molecule has 0 atom stereocenters. The highest BCUT2D eigenvalue weighted by molar-refractivity contribution is 5.69. The molecule has 0 amide bonds. The summed E-state index contributed by atoms with van der Waals surface area (Å²) in [6.45, 7) is 3.44. The number of pyridine rings is 1. The van der Waals surface area contributed by atoms with E-state index in [-0.39, 0.29) is 6.54 Å². The normalized spacial score (nSPS) is 10.5. The van der Waals surface area contributed by atoms with Crippen LogP contribution in [0.4, 0.5) is 0 Å². The van der Waals surface area contributed by atoms with E-state index in [1.165, 1.54) is 0 Å². The van der Waals surface area contributed by atoms with Gasteiger partial charge in [-0.15, -0.1) is 0 Å². The summed E-state index contributed by atoms with van der Waals surface area (Å²) < 4.78 is 4.97. The van der Waals surface area contributed by atoms with Gasteiger partial charge in [0.25, 0.3) is 0 Å². The van der Waals surface area contributed by atoms with Gasteiger partial charge in [0.05, 0.1) is 13.7 Å². The van der Waals surface area contributed by atoms with E-state index in [0.29, 0.717) is 12.4 Å². The van der Waals surface area contributed by atoms with E-state index < -0.39 is 5.97 Å². The van der Waals surface area contributed by atoms with Crippen molar-refractivity contribution in [2.45, 2.75) is 19.9 Å². The van der Waals surface area contributed by atoms with Gasteiger partial charge < -0.3 is 9.84 Å². The molecule has 0 aromatic carbocycles. The van der Waals surface area contributed by atoms with E-state index in [1.54, 1.807) is 19.4 Å². The second kappa shape index (κ2) is 6.85. The Morgan fingerprint density at radius 3 is 2.76 bits per heavy atom. The zero-order valence-electron chi connectivity index (χ0n) is 10.2. The Labute approximate surface area is 101 Å². The molecule has 0 fully saturated rings. The average molecular weight is 238 g/mol. The molecule has 0 bridgehead atoms. The van der Waals surface area contributed by atoms with Crippen LogP contribution in [0.15, 0.2) is 18.3 Å². The van der Waals surface area contributed by atoms with Gasteiger partial charge in [-0.25, -0.2) is 4.98 Å². The predicted molar refractivity (Wildman–Crippen MR) is 64.0 cm³/mol. The molecule has 5 heteroatoms. The molecular weight excluding hydrogens is 220 g/mol. The van der Waals surface area contributed by atoms with Crippen LogP contribution in [0.5, 0.6) is 5.88 Å². The van der Waals surface area contributed by atoms with Crippen LogP contribution in [-0.2, 0) is 11.3 Å². The molecule has 1 rings (SSSR count). The number of ether oxygens (including phenoxy) is 1. The third-order valence-electron chi connectivity index (χ3n) is 2.31. The van der Waals surface area contributed by atoms with E-state index in [0.717, 1.165) is 18.5 Å². The zero-order valence-corrected chi connectivity index (χ0v) is 10.2. The minimum Gasteiger partial charge on any atom is -0.481 e. The molecule has 0 saturated carbocycles. The van der Waals surface area contributed by atoms with Crippen LogP contribution in [0, 0.1) is 0 Å². The number of rotatable bonds is 7. The van der Waals surface area contributed by atoms with Crippen molar-refractivity contribution in [3.05, 3.63) is 23.9 Å². The maximum Gasteiger partial charge on any atom is 0.317 e. The van der Waals surface area contributed by atoms with E-state index in [9.17, 15) is 4.79 Å². The third kappa shape index (κ3) is 4.82. The number of carboxylic acid groups (broad SMARTS) is 1. The van der Waals surface area contributed by atoms with Gasteiger partial charge in [0.2, 0.25) is 5.88 Å². The minimum absolute atomic E-state index is 0.0554. The highest BCUT2D eigenvalue weighted by atomic mass is 16.5. The highest BCUT2D eigenvalue weighted by Gasteiger charge is 2.09. The first kappa shape index (κ1) is 13.4. The van der Waals surface area contributed by atoms with Crippen LogP contribution in [-0.4, -0.2) is 41.2 Å². The van der Waals surface area contributed by atoms with Crippen LogP contribution in [0.1, 0.15) is 18.9 Å². The maximum absolute atomic E-state index is 10.7. The molecule has 0 radical (unpaired) electrons. The Bertz CT molecular complexity index is 351. The fraction of sp³-hybridized carbons (Fsp3) is 0.500. The first-order chi connectivity index (χ1) is 8.15. The van der Waals surface area contributed by atoms with E-state index in [4.69, 9.17) is 9.84 Å². The van der Waals surface area contributed by atoms with Gasteiger partial charge >= 0.3 is 5.97 Å². The Hall–Kier alpha value is -1.62. The molecule has 0 aliphatic heterocycles. The molecule has 0 spiro atoms. The number of hydrogen-bond acceptors (Lipinski definition) is 4. The van der Waals surface area contributed by atoms with Gasteiger partial charge in [-0.05, 0) is 18.5 Å². The molecule has 1 heterocycles. The summed E-state index contributed by atoms with van der Waals surface area (Å²) in [6, 6.07) is 3.68.